The molecule has 2 rings (SSSR count). The van der Waals surface area contributed by atoms with Gasteiger partial charge in [0, 0.05) is 0 Å². The van der Waals surface area contributed by atoms with Gasteiger partial charge in [0.05, 0.1) is 10.4 Å². The molecule has 3 nitrogen and oxygen atoms in total. The molecule has 1 N–H and O–H groups in total. The highest BCUT2D eigenvalue weighted by Crippen LogP contribution is 2.32. The van der Waals surface area contributed by atoms with Gasteiger partial charge in [0.1, 0.15) is 17.3 Å². The minimum atomic E-state index is -0.885. The summed E-state index contributed by atoms with van der Waals surface area (Å²) in [6, 6.07) is 10.8. The maximum absolute atomic E-state index is 12.8. The Bertz CT molecular complexity index is 626. The van der Waals surface area contributed by atoms with E-state index in [1.54, 1.807) is 25.1 Å². The second kappa shape index (κ2) is 6.05. The first-order chi connectivity index (χ1) is 9.47. The molecule has 0 saturated heterocycles. The third kappa shape index (κ3) is 3.36. The predicted octanol–water partition coefficient (Wildman–Crippen LogP) is 4.57. The number of carbonyl (C=O) groups is 1. The fourth-order valence-electron chi connectivity index (χ4n) is 1.64. The Balaban J connectivity index is 2.21. The highest BCUT2D eigenvalue weighted by Gasteiger charge is 2.15. The van der Waals surface area contributed by atoms with Gasteiger partial charge in [-0.1, -0.05) is 6.07 Å². The standard InChI is InChI=1S/C15H12BrFO3/c1-9(15(18)19)10-2-7-14(13(16)8-10)20-12-5-3-11(17)4-6-12/h2-9H,1H3,(H,18,19). The normalized spacial score (nSPS) is 11.9. The van der Waals surface area contributed by atoms with Crippen LogP contribution in [-0.4, -0.2) is 11.1 Å². The van der Waals surface area contributed by atoms with E-state index >= 15 is 0 Å². The maximum Gasteiger partial charge on any atom is 0.310 e. The van der Waals surface area contributed by atoms with Crippen LogP contribution < -0.4 is 4.74 Å². The molecule has 0 spiro atoms. The summed E-state index contributed by atoms with van der Waals surface area (Å²) in [6.45, 7) is 1.62. The molecule has 0 saturated carbocycles. The van der Waals surface area contributed by atoms with Gasteiger partial charge in [-0.2, -0.15) is 0 Å². The summed E-state index contributed by atoms with van der Waals surface area (Å²) in [6.07, 6.45) is 0. The lowest BCUT2D eigenvalue weighted by Gasteiger charge is -2.11. The highest BCUT2D eigenvalue weighted by molar-refractivity contribution is 9.10. The summed E-state index contributed by atoms with van der Waals surface area (Å²) in [5.74, 6) is -0.763. The number of carboxylic acid groups (broad SMARTS) is 1. The molecule has 0 fully saturated rings. The molecule has 0 heterocycles. The molecule has 104 valence electrons. The molecular formula is C15H12BrFO3. The molecule has 20 heavy (non-hydrogen) atoms. The summed E-state index contributed by atoms with van der Waals surface area (Å²) >= 11 is 3.34. The van der Waals surface area contributed by atoms with Crippen LogP contribution in [0.4, 0.5) is 4.39 Å². The number of carboxylic acids is 1. The minimum absolute atomic E-state index is 0.331. The summed E-state index contributed by atoms with van der Waals surface area (Å²) < 4.78 is 19.0. The molecule has 0 amide bonds. The van der Waals surface area contributed by atoms with E-state index < -0.39 is 11.9 Å². The van der Waals surface area contributed by atoms with Crippen molar-refractivity contribution in [3.8, 4) is 11.5 Å². The first-order valence-corrected chi connectivity index (χ1v) is 6.72. The van der Waals surface area contributed by atoms with E-state index in [4.69, 9.17) is 9.84 Å². The molecule has 2 aromatic carbocycles. The lowest BCUT2D eigenvalue weighted by atomic mass is 10.0. The van der Waals surface area contributed by atoms with E-state index in [9.17, 15) is 9.18 Å². The molecule has 1 unspecified atom stereocenters. The van der Waals surface area contributed by atoms with Crippen LogP contribution in [0.15, 0.2) is 46.9 Å². The van der Waals surface area contributed by atoms with Crippen LogP contribution in [0, 0.1) is 5.82 Å². The average molecular weight is 339 g/mol. The molecule has 2 aromatic rings. The summed E-state index contributed by atoms with van der Waals surface area (Å²) in [7, 11) is 0. The van der Waals surface area contributed by atoms with Gasteiger partial charge in [0.15, 0.2) is 0 Å². The van der Waals surface area contributed by atoms with Gasteiger partial charge in [-0.25, -0.2) is 4.39 Å². The van der Waals surface area contributed by atoms with Crippen molar-refractivity contribution in [1.29, 1.82) is 0 Å². The van der Waals surface area contributed by atoms with Crippen molar-refractivity contribution in [3.05, 3.63) is 58.3 Å². The van der Waals surface area contributed by atoms with Crippen molar-refractivity contribution >= 4 is 21.9 Å². The Morgan fingerprint density at radius 3 is 2.45 bits per heavy atom. The van der Waals surface area contributed by atoms with Crippen molar-refractivity contribution in [3.63, 3.8) is 0 Å². The Labute approximate surface area is 124 Å². The second-order valence-electron chi connectivity index (χ2n) is 4.31. The average Bonchev–Trinajstić information content (AvgIpc) is 2.42. The number of aliphatic carboxylic acids is 1. The number of rotatable bonds is 4. The van der Waals surface area contributed by atoms with Crippen molar-refractivity contribution in [2.75, 3.05) is 0 Å². The van der Waals surface area contributed by atoms with Gasteiger partial charge in [-0.05, 0) is 64.8 Å². The third-order valence-electron chi connectivity index (χ3n) is 2.87. The van der Waals surface area contributed by atoms with E-state index in [0.717, 1.165) is 0 Å². The zero-order chi connectivity index (χ0) is 14.7. The van der Waals surface area contributed by atoms with Crippen molar-refractivity contribution in [2.24, 2.45) is 0 Å². The van der Waals surface area contributed by atoms with Crippen LogP contribution in [0.2, 0.25) is 0 Å². The van der Waals surface area contributed by atoms with Crippen LogP contribution in [-0.2, 0) is 4.79 Å². The van der Waals surface area contributed by atoms with Crippen LogP contribution in [0.3, 0.4) is 0 Å². The van der Waals surface area contributed by atoms with Crippen LogP contribution in [0.25, 0.3) is 0 Å². The molecule has 5 heteroatoms. The van der Waals surface area contributed by atoms with Crippen molar-refractivity contribution < 1.29 is 19.0 Å². The summed E-state index contributed by atoms with van der Waals surface area (Å²) in [5.41, 5.74) is 0.677. The fraction of sp³-hybridized carbons (Fsp3) is 0.133. The lowest BCUT2D eigenvalue weighted by Crippen LogP contribution is -2.07. The van der Waals surface area contributed by atoms with E-state index in [1.165, 1.54) is 24.3 Å². The van der Waals surface area contributed by atoms with E-state index in [0.29, 0.717) is 21.5 Å². The molecule has 0 aliphatic carbocycles. The Kier molecular flexibility index (Phi) is 4.39. The number of hydrogen-bond acceptors (Lipinski definition) is 2. The lowest BCUT2D eigenvalue weighted by molar-refractivity contribution is -0.138. The van der Waals surface area contributed by atoms with Crippen LogP contribution in [0.1, 0.15) is 18.4 Å². The van der Waals surface area contributed by atoms with E-state index in [2.05, 4.69) is 15.9 Å². The highest BCUT2D eigenvalue weighted by atomic mass is 79.9. The SMILES string of the molecule is CC(C(=O)O)c1ccc(Oc2ccc(F)cc2)c(Br)c1. The number of halogens is 2. The molecule has 0 aliphatic heterocycles. The monoisotopic (exact) mass is 338 g/mol. The van der Waals surface area contributed by atoms with Gasteiger partial charge in [-0.3, -0.25) is 4.79 Å². The third-order valence-corrected chi connectivity index (χ3v) is 3.49. The Morgan fingerprint density at radius 2 is 1.90 bits per heavy atom. The van der Waals surface area contributed by atoms with Crippen LogP contribution >= 0.6 is 15.9 Å². The van der Waals surface area contributed by atoms with Gasteiger partial charge in [0.25, 0.3) is 0 Å². The van der Waals surface area contributed by atoms with E-state index in [1.807, 2.05) is 0 Å². The maximum atomic E-state index is 12.8. The number of ether oxygens (including phenoxy) is 1. The zero-order valence-electron chi connectivity index (χ0n) is 10.6. The molecular weight excluding hydrogens is 327 g/mol. The quantitative estimate of drug-likeness (QED) is 0.888. The molecule has 0 radical (unpaired) electrons. The van der Waals surface area contributed by atoms with Crippen LogP contribution in [0.5, 0.6) is 11.5 Å². The van der Waals surface area contributed by atoms with Crippen molar-refractivity contribution in [2.45, 2.75) is 12.8 Å². The minimum Gasteiger partial charge on any atom is -0.481 e. The van der Waals surface area contributed by atoms with Gasteiger partial charge in [-0.15, -0.1) is 0 Å². The van der Waals surface area contributed by atoms with Crippen molar-refractivity contribution in [1.82, 2.24) is 0 Å². The zero-order valence-corrected chi connectivity index (χ0v) is 12.2. The molecule has 0 aliphatic rings. The number of hydrogen-bond donors (Lipinski definition) is 1. The summed E-state index contributed by atoms with van der Waals surface area (Å²) in [4.78, 5) is 10.9. The Hall–Kier alpha value is -1.88. The first kappa shape index (κ1) is 14.5. The van der Waals surface area contributed by atoms with Gasteiger partial charge in [0.2, 0.25) is 0 Å². The van der Waals surface area contributed by atoms with Gasteiger partial charge < -0.3 is 9.84 Å². The molecule has 0 bridgehead atoms. The summed E-state index contributed by atoms with van der Waals surface area (Å²) in [5, 5.41) is 8.97. The topological polar surface area (TPSA) is 46.5 Å². The molecule has 1 atom stereocenters. The predicted molar refractivity (Wildman–Crippen MR) is 76.7 cm³/mol. The molecule has 0 aromatic heterocycles. The number of benzene rings is 2. The van der Waals surface area contributed by atoms with Gasteiger partial charge >= 0.3 is 5.97 Å². The second-order valence-corrected chi connectivity index (χ2v) is 5.16. The van der Waals surface area contributed by atoms with E-state index in [-0.39, 0.29) is 5.82 Å². The largest absolute Gasteiger partial charge is 0.481 e. The smallest absolute Gasteiger partial charge is 0.310 e. The first-order valence-electron chi connectivity index (χ1n) is 5.93. The fourth-order valence-corrected chi connectivity index (χ4v) is 2.12. The Morgan fingerprint density at radius 1 is 1.25 bits per heavy atom.